The standard InChI is InChI=1S/C10F20O5S/c11-1(31)2(12,6(18,19)20)34-9(26,27)5(17,7(21,22)23)35-8(24,25)3(13,14)4(15,16)10(28,29)36(30,32)33. The molecule has 36 heavy (non-hydrogen) atoms. The first-order chi connectivity index (χ1) is 15.1. The van der Waals surface area contributed by atoms with Gasteiger partial charge in [0.25, 0.3) is 0 Å². The number of hydrogen-bond donors (Lipinski definition) is 0. The highest BCUT2D eigenvalue weighted by atomic mass is 32.3. The summed E-state index contributed by atoms with van der Waals surface area (Å²) < 4.78 is 279. The lowest BCUT2D eigenvalue weighted by Crippen LogP contribution is -2.70. The summed E-state index contributed by atoms with van der Waals surface area (Å²) in [6, 6.07) is -4.93. The molecule has 0 aliphatic carbocycles. The van der Waals surface area contributed by atoms with Gasteiger partial charge in [-0.3, -0.25) is 14.3 Å². The summed E-state index contributed by atoms with van der Waals surface area (Å²) in [7, 11) is -8.45. The lowest BCUT2D eigenvalue weighted by atomic mass is 10.1. The van der Waals surface area contributed by atoms with Gasteiger partial charge in [-0.05, 0) is 0 Å². The Hall–Kier alpha value is -1.86. The molecule has 2 unspecified atom stereocenters. The molecule has 0 rings (SSSR count). The van der Waals surface area contributed by atoms with Crippen LogP contribution in [0.3, 0.4) is 0 Å². The fourth-order valence-corrected chi connectivity index (χ4v) is 1.93. The average Bonchev–Trinajstić information content (AvgIpc) is 2.56. The molecule has 0 heterocycles. The summed E-state index contributed by atoms with van der Waals surface area (Å²) in [5, 5.41) is -8.09. The molecule has 0 bridgehead atoms. The summed E-state index contributed by atoms with van der Waals surface area (Å²) in [5.74, 6) is -33.2. The number of rotatable bonds is 10. The van der Waals surface area contributed by atoms with Crippen molar-refractivity contribution in [1.29, 1.82) is 0 Å². The van der Waals surface area contributed by atoms with E-state index in [2.05, 4.69) is 0 Å². The van der Waals surface area contributed by atoms with Crippen LogP contribution in [0.2, 0.25) is 0 Å². The van der Waals surface area contributed by atoms with Crippen LogP contribution >= 0.6 is 0 Å². The van der Waals surface area contributed by atoms with Crippen molar-refractivity contribution in [2.24, 2.45) is 0 Å². The number of carbonyl (C=O) groups is 1. The highest BCUT2D eigenvalue weighted by molar-refractivity contribution is 7.87. The first-order valence-electron chi connectivity index (χ1n) is 7.05. The zero-order valence-corrected chi connectivity index (χ0v) is 15.8. The second kappa shape index (κ2) is 8.59. The monoisotopic (exact) mass is 612 g/mol. The van der Waals surface area contributed by atoms with Crippen LogP contribution in [0.15, 0.2) is 0 Å². The molecule has 2 atom stereocenters. The van der Waals surface area contributed by atoms with Gasteiger partial charge in [-0.1, -0.05) is 3.89 Å². The van der Waals surface area contributed by atoms with Crippen molar-refractivity contribution < 1.29 is 110 Å². The van der Waals surface area contributed by atoms with E-state index in [1.54, 1.807) is 0 Å². The number of halogens is 20. The van der Waals surface area contributed by atoms with Crippen molar-refractivity contribution in [2.45, 2.75) is 53.4 Å². The molecule has 5 nitrogen and oxygen atoms in total. The van der Waals surface area contributed by atoms with Crippen LogP contribution in [0.25, 0.3) is 0 Å². The van der Waals surface area contributed by atoms with Crippen molar-refractivity contribution in [1.82, 2.24) is 0 Å². The number of ether oxygens (including phenoxy) is 2. The van der Waals surface area contributed by atoms with Crippen LogP contribution in [0, 0.1) is 0 Å². The quantitative estimate of drug-likeness (QED) is 0.247. The van der Waals surface area contributed by atoms with Gasteiger partial charge in [0.2, 0.25) is 0 Å². The molecule has 0 spiro atoms. The Bertz CT molecular complexity index is 951. The zero-order chi connectivity index (χ0) is 30.0. The lowest BCUT2D eigenvalue weighted by molar-refractivity contribution is -0.547. The van der Waals surface area contributed by atoms with E-state index in [-0.39, 0.29) is 0 Å². The minimum atomic E-state index is -8.71. The molecule has 0 aliphatic rings. The Kier molecular flexibility index (Phi) is 8.14. The molecular formula is C10F20O5S. The molecule has 0 aromatic rings. The largest absolute Gasteiger partial charge is 0.459 e. The van der Waals surface area contributed by atoms with Crippen molar-refractivity contribution in [3.8, 4) is 0 Å². The third kappa shape index (κ3) is 4.98. The third-order valence-electron chi connectivity index (χ3n) is 3.33. The van der Waals surface area contributed by atoms with Gasteiger partial charge in [-0.15, -0.1) is 0 Å². The highest BCUT2D eigenvalue weighted by Gasteiger charge is 2.89. The summed E-state index contributed by atoms with van der Waals surface area (Å²) >= 11 is 0. The topological polar surface area (TPSA) is 69.7 Å². The molecule has 0 aromatic heterocycles. The predicted octanol–water partition coefficient (Wildman–Crippen LogP) is 5.32. The second-order valence-electron chi connectivity index (χ2n) is 5.80. The van der Waals surface area contributed by atoms with E-state index >= 15 is 0 Å². The Balaban J connectivity index is 7.03. The molecule has 0 saturated carbocycles. The van der Waals surface area contributed by atoms with Gasteiger partial charge in [0.1, 0.15) is 0 Å². The van der Waals surface area contributed by atoms with E-state index in [4.69, 9.17) is 0 Å². The Labute approximate surface area is 181 Å². The third-order valence-corrected chi connectivity index (χ3v) is 4.19. The van der Waals surface area contributed by atoms with Gasteiger partial charge in [0.15, 0.2) is 0 Å². The van der Waals surface area contributed by atoms with Crippen LogP contribution < -0.4 is 0 Å². The second-order valence-corrected chi connectivity index (χ2v) is 7.19. The summed E-state index contributed by atoms with van der Waals surface area (Å²) in [6.45, 7) is 0. The fourth-order valence-electron chi connectivity index (χ4n) is 1.49. The molecule has 0 amide bonds. The number of hydrogen-bond acceptors (Lipinski definition) is 5. The maximum atomic E-state index is 13.8. The van der Waals surface area contributed by atoms with E-state index in [1.807, 2.05) is 0 Å². The fraction of sp³-hybridized carbons (Fsp3) is 0.900. The zero-order valence-electron chi connectivity index (χ0n) is 15.0. The van der Waals surface area contributed by atoms with E-state index < -0.39 is 69.6 Å². The van der Waals surface area contributed by atoms with Crippen LogP contribution in [-0.2, 0) is 24.5 Å². The first-order valence-corrected chi connectivity index (χ1v) is 8.44. The lowest BCUT2D eigenvalue weighted by Gasteiger charge is -2.41. The number of alkyl halides is 18. The van der Waals surface area contributed by atoms with E-state index in [1.165, 1.54) is 4.74 Å². The van der Waals surface area contributed by atoms with Crippen LogP contribution in [0.5, 0.6) is 0 Å². The molecule has 0 aliphatic heterocycles. The maximum Gasteiger partial charge on any atom is 0.459 e. The normalized spacial score (nSPS) is 19.0. The van der Waals surface area contributed by atoms with Crippen molar-refractivity contribution in [3.63, 3.8) is 0 Å². The first kappa shape index (κ1) is 34.1. The Morgan fingerprint density at radius 3 is 1.17 bits per heavy atom. The van der Waals surface area contributed by atoms with Gasteiger partial charge < -0.3 is 0 Å². The SMILES string of the molecule is O=C(F)C(F)(OC(F)(F)C(F)(OC(F)(F)C(F)(F)C(F)(F)C(F)(F)S(=O)(=O)F)C(F)(F)F)C(F)(F)F. The highest BCUT2D eigenvalue weighted by Crippen LogP contribution is 2.59. The predicted molar refractivity (Wildman–Crippen MR) is 62.8 cm³/mol. The van der Waals surface area contributed by atoms with Crippen LogP contribution in [0.1, 0.15) is 0 Å². The van der Waals surface area contributed by atoms with Crippen molar-refractivity contribution in [2.75, 3.05) is 0 Å². The van der Waals surface area contributed by atoms with Crippen molar-refractivity contribution >= 4 is 16.3 Å². The maximum absolute atomic E-state index is 13.8. The molecule has 26 heteroatoms. The Morgan fingerprint density at radius 2 is 0.917 bits per heavy atom. The van der Waals surface area contributed by atoms with Gasteiger partial charge in [0.05, 0.1) is 0 Å². The molecule has 0 radical (unpaired) electrons. The smallest absolute Gasteiger partial charge is 0.262 e. The molecule has 216 valence electrons. The van der Waals surface area contributed by atoms with E-state index in [0.29, 0.717) is 0 Å². The average molecular weight is 612 g/mol. The van der Waals surface area contributed by atoms with Gasteiger partial charge in [-0.25, -0.2) is 0 Å². The molecule has 0 fully saturated rings. The minimum absolute atomic E-state index is 1.00. The van der Waals surface area contributed by atoms with E-state index in [0.717, 1.165) is 4.74 Å². The number of carbonyl (C=O) groups excluding carboxylic acids is 1. The van der Waals surface area contributed by atoms with Crippen LogP contribution in [-0.4, -0.2) is 67.8 Å². The Morgan fingerprint density at radius 1 is 0.556 bits per heavy atom. The summed E-state index contributed by atoms with van der Waals surface area (Å²) in [6.07, 6.45) is -32.8. The van der Waals surface area contributed by atoms with Crippen LogP contribution in [0.4, 0.5) is 87.3 Å². The minimum Gasteiger partial charge on any atom is -0.262 e. The molecule has 0 aromatic carbocycles. The van der Waals surface area contributed by atoms with E-state index in [9.17, 15) is 101 Å². The van der Waals surface area contributed by atoms with Crippen molar-refractivity contribution in [3.05, 3.63) is 0 Å². The summed E-state index contributed by atoms with van der Waals surface area (Å²) in [4.78, 5) is 9.94. The molecule has 0 saturated heterocycles. The molecule has 0 N–H and O–H groups in total. The van der Waals surface area contributed by atoms with Gasteiger partial charge in [0, 0.05) is 0 Å². The summed E-state index contributed by atoms with van der Waals surface area (Å²) in [5.41, 5.74) is 0. The van der Waals surface area contributed by atoms with Gasteiger partial charge >= 0.3 is 69.6 Å². The molecular weight excluding hydrogens is 612 g/mol. The van der Waals surface area contributed by atoms with Gasteiger partial charge in [-0.2, -0.15) is 91.8 Å².